The summed E-state index contributed by atoms with van der Waals surface area (Å²) < 4.78 is 1.88. The van der Waals surface area contributed by atoms with Gasteiger partial charge in [-0.1, -0.05) is 43.5 Å². The lowest BCUT2D eigenvalue weighted by Crippen LogP contribution is -2.41. The molecule has 1 atom stereocenters. The molecule has 2 amide bonds. The van der Waals surface area contributed by atoms with Crippen molar-refractivity contribution in [3.05, 3.63) is 49.1 Å². The first-order chi connectivity index (χ1) is 11.2. The van der Waals surface area contributed by atoms with E-state index >= 15 is 0 Å². The molecule has 0 saturated carbocycles. The van der Waals surface area contributed by atoms with Crippen LogP contribution in [0.3, 0.4) is 0 Å². The molecule has 0 spiro atoms. The van der Waals surface area contributed by atoms with Crippen molar-refractivity contribution < 1.29 is 9.59 Å². The van der Waals surface area contributed by atoms with Gasteiger partial charge in [0.15, 0.2) is 0 Å². The maximum absolute atomic E-state index is 12.3. The lowest BCUT2D eigenvalue weighted by molar-refractivity contribution is -0.135. The molecule has 3 rings (SSSR count). The Morgan fingerprint density at radius 3 is 2.74 bits per heavy atom. The summed E-state index contributed by atoms with van der Waals surface area (Å²) in [6.45, 7) is 7.52. The summed E-state index contributed by atoms with van der Waals surface area (Å²) in [5.41, 5.74) is 1.76. The molecule has 116 valence electrons. The third-order valence-electron chi connectivity index (χ3n) is 3.95. The van der Waals surface area contributed by atoms with E-state index in [4.69, 9.17) is 0 Å². The van der Waals surface area contributed by atoms with Crippen molar-refractivity contribution in [2.75, 3.05) is 0 Å². The molecular formula is C18H17N3O2. The Kier molecular flexibility index (Phi) is 3.93. The van der Waals surface area contributed by atoms with E-state index < -0.39 is 6.04 Å². The maximum Gasteiger partial charge on any atom is 0.249 e. The van der Waals surface area contributed by atoms with E-state index in [1.165, 1.54) is 0 Å². The number of nitrogens with zero attached hydrogens (tertiary/aromatic N) is 2. The quantitative estimate of drug-likeness (QED) is 0.696. The monoisotopic (exact) mass is 307 g/mol. The molecule has 1 fully saturated rings. The van der Waals surface area contributed by atoms with Gasteiger partial charge in [-0.3, -0.25) is 14.9 Å². The van der Waals surface area contributed by atoms with Gasteiger partial charge in [0, 0.05) is 23.6 Å². The van der Waals surface area contributed by atoms with E-state index in [9.17, 15) is 9.59 Å². The summed E-state index contributed by atoms with van der Waals surface area (Å²) in [4.78, 5) is 28.2. The molecule has 1 aromatic carbocycles. The Morgan fingerprint density at radius 2 is 2.04 bits per heavy atom. The number of hydrogen-bond donors (Lipinski definition) is 1. The van der Waals surface area contributed by atoms with Crippen molar-refractivity contribution in [3.63, 3.8) is 0 Å². The summed E-state index contributed by atoms with van der Waals surface area (Å²) in [6, 6.07) is 7.30. The lowest BCUT2D eigenvalue weighted by Gasteiger charge is -2.24. The van der Waals surface area contributed by atoms with Gasteiger partial charge in [0.2, 0.25) is 11.8 Å². The van der Waals surface area contributed by atoms with Crippen LogP contribution < -0.4 is 5.32 Å². The molecule has 2 aromatic rings. The fourth-order valence-electron chi connectivity index (χ4n) is 2.98. The summed E-state index contributed by atoms with van der Waals surface area (Å²) >= 11 is 0. The van der Waals surface area contributed by atoms with Gasteiger partial charge in [-0.25, -0.2) is 4.99 Å². The van der Waals surface area contributed by atoms with Crippen molar-refractivity contribution in [1.29, 1.82) is 0 Å². The van der Waals surface area contributed by atoms with E-state index in [1.807, 2.05) is 28.8 Å². The molecule has 5 heteroatoms. The van der Waals surface area contributed by atoms with Crippen molar-refractivity contribution in [1.82, 2.24) is 9.88 Å². The Morgan fingerprint density at radius 1 is 1.26 bits per heavy atom. The zero-order valence-electron chi connectivity index (χ0n) is 12.7. The van der Waals surface area contributed by atoms with Crippen LogP contribution in [0.1, 0.15) is 24.4 Å². The van der Waals surface area contributed by atoms with E-state index in [0.717, 1.165) is 16.5 Å². The summed E-state index contributed by atoms with van der Waals surface area (Å²) in [7, 11) is 0. The third kappa shape index (κ3) is 2.50. The summed E-state index contributed by atoms with van der Waals surface area (Å²) in [5, 5.41) is 3.38. The highest BCUT2D eigenvalue weighted by Crippen LogP contribution is 2.37. The number of nitrogens with one attached hydrogen (secondary N) is 1. The van der Waals surface area contributed by atoms with Crippen molar-refractivity contribution in [2.24, 2.45) is 4.99 Å². The third-order valence-corrected chi connectivity index (χ3v) is 3.95. The van der Waals surface area contributed by atoms with Crippen LogP contribution in [0.2, 0.25) is 0 Å². The lowest BCUT2D eigenvalue weighted by atomic mass is 10.1. The second-order valence-corrected chi connectivity index (χ2v) is 5.31. The average molecular weight is 307 g/mol. The van der Waals surface area contributed by atoms with Crippen LogP contribution >= 0.6 is 0 Å². The van der Waals surface area contributed by atoms with Crippen LogP contribution in [0.15, 0.2) is 48.5 Å². The number of carbonyl (C=O) groups excluding carboxylic acids is 2. The topological polar surface area (TPSA) is 63.5 Å². The van der Waals surface area contributed by atoms with Gasteiger partial charge < -0.3 is 4.57 Å². The number of aliphatic imine (C=N–C) groups is 1. The molecule has 2 heterocycles. The number of aromatic nitrogens is 1. The minimum atomic E-state index is -0.469. The number of piperidine rings is 1. The SMILES string of the molecule is C=C/C=N\c1c(C=C)c2ccccc2n1C1CCC(=O)NC1=O. The Bertz CT molecular complexity index is 845. The van der Waals surface area contributed by atoms with E-state index in [1.54, 1.807) is 18.4 Å². The molecule has 1 N–H and O–H groups in total. The average Bonchev–Trinajstić information content (AvgIpc) is 2.86. The van der Waals surface area contributed by atoms with Gasteiger partial charge in [0.05, 0.1) is 5.52 Å². The molecule has 5 nitrogen and oxygen atoms in total. The van der Waals surface area contributed by atoms with Crippen LogP contribution in [-0.2, 0) is 9.59 Å². The largest absolute Gasteiger partial charge is 0.313 e. The second kappa shape index (κ2) is 6.04. The number of benzene rings is 1. The summed E-state index contributed by atoms with van der Waals surface area (Å²) in [6.07, 6.45) is 5.68. The Balaban J connectivity index is 2.27. The second-order valence-electron chi connectivity index (χ2n) is 5.31. The van der Waals surface area contributed by atoms with E-state index in [0.29, 0.717) is 18.7 Å². The zero-order valence-corrected chi connectivity index (χ0v) is 12.7. The predicted molar refractivity (Wildman–Crippen MR) is 91.8 cm³/mol. The fraction of sp³-hybridized carbons (Fsp3) is 0.167. The first-order valence-corrected chi connectivity index (χ1v) is 7.41. The number of allylic oxidation sites excluding steroid dienone is 1. The minimum absolute atomic E-state index is 0.234. The minimum Gasteiger partial charge on any atom is -0.313 e. The molecule has 0 radical (unpaired) electrons. The zero-order chi connectivity index (χ0) is 16.4. The fourth-order valence-corrected chi connectivity index (χ4v) is 2.98. The molecule has 1 aliphatic heterocycles. The molecule has 0 bridgehead atoms. The number of hydrogen-bond acceptors (Lipinski definition) is 3. The summed E-state index contributed by atoms with van der Waals surface area (Å²) in [5.74, 6) is 0.117. The standard InChI is InChI=1S/C18H17N3O2/c1-3-11-19-17-12(4-2)13-7-5-6-8-14(13)21(17)15-9-10-16(22)20-18(15)23/h3-8,11,15H,1-2,9-10H2,(H,20,22,23)/b19-11-. The van der Waals surface area contributed by atoms with Crippen molar-refractivity contribution in [3.8, 4) is 0 Å². The van der Waals surface area contributed by atoms with Crippen molar-refractivity contribution in [2.45, 2.75) is 18.9 Å². The predicted octanol–water partition coefficient (Wildman–Crippen LogP) is 3.15. The van der Waals surface area contributed by atoms with Gasteiger partial charge in [-0.15, -0.1) is 0 Å². The Labute approximate surface area is 134 Å². The van der Waals surface area contributed by atoms with Crippen LogP contribution in [-0.4, -0.2) is 22.6 Å². The molecule has 1 unspecified atom stereocenters. The molecule has 23 heavy (non-hydrogen) atoms. The maximum atomic E-state index is 12.3. The molecular weight excluding hydrogens is 290 g/mol. The smallest absolute Gasteiger partial charge is 0.249 e. The van der Waals surface area contributed by atoms with Gasteiger partial charge in [0.1, 0.15) is 11.9 Å². The van der Waals surface area contributed by atoms with Crippen LogP contribution in [0.4, 0.5) is 5.82 Å². The van der Waals surface area contributed by atoms with E-state index in [-0.39, 0.29) is 11.8 Å². The number of fused-ring (bicyclic) bond motifs is 1. The van der Waals surface area contributed by atoms with Gasteiger partial charge >= 0.3 is 0 Å². The van der Waals surface area contributed by atoms with Crippen LogP contribution in [0.25, 0.3) is 17.0 Å². The molecule has 1 saturated heterocycles. The number of carbonyl (C=O) groups is 2. The molecule has 0 aliphatic carbocycles. The van der Waals surface area contributed by atoms with Crippen LogP contribution in [0, 0.1) is 0 Å². The number of imide groups is 1. The number of rotatable bonds is 4. The molecule has 1 aliphatic rings. The normalized spacial score (nSPS) is 18.3. The highest BCUT2D eigenvalue weighted by molar-refractivity contribution is 6.02. The van der Waals surface area contributed by atoms with Crippen molar-refractivity contribution >= 4 is 40.8 Å². The van der Waals surface area contributed by atoms with Crippen LogP contribution in [0.5, 0.6) is 0 Å². The highest BCUT2D eigenvalue weighted by Gasteiger charge is 2.31. The number of amides is 2. The van der Waals surface area contributed by atoms with Gasteiger partial charge in [-0.2, -0.15) is 0 Å². The highest BCUT2D eigenvalue weighted by atomic mass is 16.2. The van der Waals surface area contributed by atoms with Gasteiger partial charge in [-0.05, 0) is 12.5 Å². The Hall–Kier alpha value is -2.95. The first kappa shape index (κ1) is 15.0. The first-order valence-electron chi connectivity index (χ1n) is 7.41. The number of para-hydroxylation sites is 1. The van der Waals surface area contributed by atoms with Gasteiger partial charge in [0.25, 0.3) is 0 Å². The van der Waals surface area contributed by atoms with E-state index in [2.05, 4.69) is 23.5 Å². The molecule has 1 aromatic heterocycles.